The molecule has 0 saturated carbocycles. The number of aromatic carboxylic acids is 1. The van der Waals surface area contributed by atoms with Crippen molar-refractivity contribution >= 4 is 17.3 Å². The van der Waals surface area contributed by atoms with Crippen LogP contribution >= 0.6 is 11.3 Å². The van der Waals surface area contributed by atoms with Crippen molar-refractivity contribution in [3.05, 3.63) is 21.9 Å². The van der Waals surface area contributed by atoms with Gasteiger partial charge in [0.2, 0.25) is 0 Å². The van der Waals surface area contributed by atoms with Crippen LogP contribution in [0.25, 0.3) is 0 Å². The number of carboxylic acids is 1. The van der Waals surface area contributed by atoms with Crippen LogP contribution < -0.4 is 0 Å². The predicted octanol–water partition coefficient (Wildman–Crippen LogP) is 3.21. The van der Waals surface area contributed by atoms with E-state index in [9.17, 15) is 4.79 Å². The highest BCUT2D eigenvalue weighted by atomic mass is 32.1. The van der Waals surface area contributed by atoms with Crippen LogP contribution in [0.2, 0.25) is 0 Å². The molecule has 0 aromatic carbocycles. The normalized spacial score (nSPS) is 18.6. The first-order valence-electron chi connectivity index (χ1n) is 6.30. The highest BCUT2D eigenvalue weighted by molar-refractivity contribution is 7.13. The van der Waals surface area contributed by atoms with Crippen LogP contribution in [0.5, 0.6) is 0 Å². The fraction of sp³-hybridized carbons (Fsp3) is 0.615. The average molecular weight is 253 g/mol. The van der Waals surface area contributed by atoms with Crippen LogP contribution in [0, 0.1) is 0 Å². The van der Waals surface area contributed by atoms with Crippen molar-refractivity contribution in [2.75, 3.05) is 13.1 Å². The Morgan fingerprint density at radius 1 is 1.18 bits per heavy atom. The molecule has 0 unspecified atom stereocenters. The van der Waals surface area contributed by atoms with Gasteiger partial charge in [-0.05, 0) is 38.1 Å². The topological polar surface area (TPSA) is 40.5 Å². The van der Waals surface area contributed by atoms with Gasteiger partial charge in [0.25, 0.3) is 0 Å². The summed E-state index contributed by atoms with van der Waals surface area (Å²) in [4.78, 5) is 14.9. The molecule has 0 aliphatic carbocycles. The van der Waals surface area contributed by atoms with Crippen LogP contribution in [0.1, 0.15) is 46.7 Å². The standard InChI is InChI=1S/C13H19NO2S/c15-13(16)12-7-6-11(17-12)10-14-8-4-2-1-3-5-9-14/h6-7H,1-5,8-10H2,(H,15,16). The fourth-order valence-electron chi connectivity index (χ4n) is 2.27. The van der Waals surface area contributed by atoms with E-state index in [1.54, 1.807) is 6.07 Å². The van der Waals surface area contributed by atoms with E-state index in [1.807, 2.05) is 6.07 Å². The van der Waals surface area contributed by atoms with Crippen LogP contribution in [-0.4, -0.2) is 29.1 Å². The summed E-state index contributed by atoms with van der Waals surface area (Å²) in [6.45, 7) is 3.22. The molecule has 1 aromatic rings. The molecule has 94 valence electrons. The SMILES string of the molecule is O=C(O)c1ccc(CN2CCCCCCC2)s1. The Bertz CT molecular complexity index is 367. The van der Waals surface area contributed by atoms with Gasteiger partial charge >= 0.3 is 5.97 Å². The van der Waals surface area contributed by atoms with Gasteiger partial charge in [-0.3, -0.25) is 4.90 Å². The van der Waals surface area contributed by atoms with E-state index in [1.165, 1.54) is 48.3 Å². The Kier molecular flexibility index (Phi) is 4.57. The summed E-state index contributed by atoms with van der Waals surface area (Å²) < 4.78 is 0. The predicted molar refractivity (Wildman–Crippen MR) is 69.6 cm³/mol. The van der Waals surface area contributed by atoms with E-state index in [0.29, 0.717) is 4.88 Å². The third-order valence-electron chi connectivity index (χ3n) is 3.20. The minimum atomic E-state index is -0.811. The highest BCUT2D eigenvalue weighted by Crippen LogP contribution is 2.20. The number of likely N-dealkylation sites (tertiary alicyclic amines) is 1. The number of hydrogen-bond acceptors (Lipinski definition) is 3. The van der Waals surface area contributed by atoms with E-state index in [-0.39, 0.29) is 0 Å². The second-order valence-electron chi connectivity index (χ2n) is 4.62. The number of nitrogens with zero attached hydrogens (tertiary/aromatic N) is 1. The van der Waals surface area contributed by atoms with Crippen molar-refractivity contribution in [2.45, 2.75) is 38.6 Å². The zero-order chi connectivity index (χ0) is 12.1. The molecule has 0 bridgehead atoms. The Hall–Kier alpha value is -0.870. The zero-order valence-corrected chi connectivity index (χ0v) is 10.8. The summed E-state index contributed by atoms with van der Waals surface area (Å²) in [5.41, 5.74) is 0. The maximum absolute atomic E-state index is 10.8. The van der Waals surface area contributed by atoms with Crippen molar-refractivity contribution in [3.8, 4) is 0 Å². The molecule has 1 N–H and O–H groups in total. The van der Waals surface area contributed by atoms with Gasteiger partial charge in [-0.2, -0.15) is 0 Å². The van der Waals surface area contributed by atoms with Gasteiger partial charge in [0, 0.05) is 11.4 Å². The van der Waals surface area contributed by atoms with Crippen LogP contribution in [-0.2, 0) is 6.54 Å². The molecular formula is C13H19NO2S. The first-order chi connectivity index (χ1) is 8.25. The van der Waals surface area contributed by atoms with Gasteiger partial charge in [-0.15, -0.1) is 11.3 Å². The summed E-state index contributed by atoms with van der Waals surface area (Å²) in [5.74, 6) is -0.811. The Balaban J connectivity index is 1.91. The molecule has 0 spiro atoms. The van der Waals surface area contributed by atoms with E-state index >= 15 is 0 Å². The Morgan fingerprint density at radius 3 is 2.41 bits per heavy atom. The Morgan fingerprint density at radius 2 is 1.82 bits per heavy atom. The lowest BCUT2D eigenvalue weighted by Crippen LogP contribution is -2.26. The molecule has 0 amide bonds. The average Bonchev–Trinajstić information content (AvgIpc) is 2.70. The first-order valence-corrected chi connectivity index (χ1v) is 7.12. The number of rotatable bonds is 3. The largest absolute Gasteiger partial charge is 0.477 e. The minimum Gasteiger partial charge on any atom is -0.477 e. The monoisotopic (exact) mass is 253 g/mol. The Labute approximate surface area is 106 Å². The maximum Gasteiger partial charge on any atom is 0.345 e. The van der Waals surface area contributed by atoms with Crippen molar-refractivity contribution in [1.82, 2.24) is 4.90 Å². The van der Waals surface area contributed by atoms with Crippen molar-refractivity contribution in [2.24, 2.45) is 0 Å². The summed E-state index contributed by atoms with van der Waals surface area (Å²) in [7, 11) is 0. The molecule has 1 aromatic heterocycles. The molecule has 2 rings (SSSR count). The van der Waals surface area contributed by atoms with E-state index in [0.717, 1.165) is 19.6 Å². The van der Waals surface area contributed by atoms with Crippen molar-refractivity contribution in [1.29, 1.82) is 0 Å². The summed E-state index contributed by atoms with van der Waals surface area (Å²) in [5, 5.41) is 8.88. The van der Waals surface area contributed by atoms with Crippen LogP contribution in [0.4, 0.5) is 0 Å². The summed E-state index contributed by atoms with van der Waals surface area (Å²) in [6, 6.07) is 3.67. The second kappa shape index (κ2) is 6.17. The van der Waals surface area contributed by atoms with Crippen molar-refractivity contribution in [3.63, 3.8) is 0 Å². The van der Waals surface area contributed by atoms with Crippen LogP contribution in [0.3, 0.4) is 0 Å². The molecule has 1 fully saturated rings. The van der Waals surface area contributed by atoms with Gasteiger partial charge in [-0.1, -0.05) is 19.3 Å². The lowest BCUT2D eigenvalue weighted by atomic mass is 10.1. The molecule has 1 saturated heterocycles. The third-order valence-corrected chi connectivity index (χ3v) is 4.26. The molecule has 2 heterocycles. The molecule has 4 heteroatoms. The molecular weight excluding hydrogens is 234 g/mol. The van der Waals surface area contributed by atoms with Crippen molar-refractivity contribution < 1.29 is 9.90 Å². The number of carboxylic acid groups (broad SMARTS) is 1. The van der Waals surface area contributed by atoms with Gasteiger partial charge in [0.05, 0.1) is 0 Å². The second-order valence-corrected chi connectivity index (χ2v) is 5.78. The molecule has 17 heavy (non-hydrogen) atoms. The minimum absolute atomic E-state index is 0.451. The molecule has 0 atom stereocenters. The number of thiophene rings is 1. The van der Waals surface area contributed by atoms with Crippen LogP contribution in [0.15, 0.2) is 12.1 Å². The number of carbonyl (C=O) groups is 1. The molecule has 0 radical (unpaired) electrons. The smallest absolute Gasteiger partial charge is 0.345 e. The van der Waals surface area contributed by atoms with Gasteiger partial charge in [-0.25, -0.2) is 4.79 Å². The quantitative estimate of drug-likeness (QED) is 0.899. The van der Waals surface area contributed by atoms with E-state index in [4.69, 9.17) is 5.11 Å². The summed E-state index contributed by atoms with van der Waals surface area (Å²) >= 11 is 1.41. The number of hydrogen-bond donors (Lipinski definition) is 1. The maximum atomic E-state index is 10.8. The summed E-state index contributed by atoms with van der Waals surface area (Å²) in [6.07, 6.45) is 6.59. The third kappa shape index (κ3) is 3.82. The highest BCUT2D eigenvalue weighted by Gasteiger charge is 2.12. The van der Waals surface area contributed by atoms with E-state index in [2.05, 4.69) is 4.90 Å². The first kappa shape index (κ1) is 12.6. The van der Waals surface area contributed by atoms with Gasteiger partial charge in [0.15, 0.2) is 0 Å². The fourth-order valence-corrected chi connectivity index (χ4v) is 3.16. The molecule has 3 nitrogen and oxygen atoms in total. The van der Waals surface area contributed by atoms with Gasteiger partial charge in [0.1, 0.15) is 4.88 Å². The molecule has 1 aliphatic rings. The lowest BCUT2D eigenvalue weighted by Gasteiger charge is -2.23. The van der Waals surface area contributed by atoms with E-state index < -0.39 is 5.97 Å². The lowest BCUT2D eigenvalue weighted by molar-refractivity contribution is 0.0702. The zero-order valence-electron chi connectivity index (χ0n) is 10.0. The molecule has 1 aliphatic heterocycles. The van der Waals surface area contributed by atoms with Gasteiger partial charge < -0.3 is 5.11 Å².